The van der Waals surface area contributed by atoms with Crippen molar-refractivity contribution in [3.63, 3.8) is 0 Å². The van der Waals surface area contributed by atoms with Crippen LogP contribution in [0, 0.1) is 12.7 Å². The molecule has 0 saturated carbocycles. The van der Waals surface area contributed by atoms with Gasteiger partial charge in [0.15, 0.2) is 0 Å². The van der Waals surface area contributed by atoms with Gasteiger partial charge in [-0.25, -0.2) is 9.37 Å². The van der Waals surface area contributed by atoms with Gasteiger partial charge in [-0.3, -0.25) is 4.98 Å². The van der Waals surface area contributed by atoms with E-state index in [2.05, 4.69) is 25.6 Å². The maximum Gasteiger partial charge on any atom is 0.225 e. The lowest BCUT2D eigenvalue weighted by Gasteiger charge is -2.15. The second kappa shape index (κ2) is 7.88. The lowest BCUT2D eigenvalue weighted by atomic mass is 10.2. The molecule has 1 atom stereocenters. The van der Waals surface area contributed by atoms with Gasteiger partial charge in [0.05, 0.1) is 18.0 Å². The van der Waals surface area contributed by atoms with E-state index >= 15 is 0 Å². The van der Waals surface area contributed by atoms with E-state index in [1.54, 1.807) is 18.3 Å². The average Bonchev–Trinajstić information content (AvgIpc) is 2.64. The first kappa shape index (κ1) is 17.8. The monoisotopic (exact) mass is 353 g/mol. The van der Waals surface area contributed by atoms with Crippen LogP contribution < -0.4 is 10.6 Å². The molecule has 2 aromatic heterocycles. The van der Waals surface area contributed by atoms with Crippen molar-refractivity contribution in [2.45, 2.75) is 19.9 Å². The summed E-state index contributed by atoms with van der Waals surface area (Å²) in [6.07, 6.45) is 1.69. The maximum atomic E-state index is 13.3. The van der Waals surface area contributed by atoms with Gasteiger partial charge in [-0.05, 0) is 49.7 Å². The summed E-state index contributed by atoms with van der Waals surface area (Å²) >= 11 is 0. The number of hydrogen-bond donors (Lipinski definition) is 3. The number of nitrogens with zero attached hydrogens (tertiary/aromatic N) is 3. The van der Waals surface area contributed by atoms with Crippen LogP contribution in [0.4, 0.5) is 21.8 Å². The summed E-state index contributed by atoms with van der Waals surface area (Å²) in [5.74, 6) is 0.629. The van der Waals surface area contributed by atoms with Gasteiger partial charge in [0.2, 0.25) is 5.95 Å². The lowest BCUT2D eigenvalue weighted by Crippen LogP contribution is -2.21. The molecule has 2 heterocycles. The van der Waals surface area contributed by atoms with Gasteiger partial charge in [-0.2, -0.15) is 4.98 Å². The van der Waals surface area contributed by atoms with Crippen LogP contribution in [0.15, 0.2) is 48.7 Å². The summed E-state index contributed by atoms with van der Waals surface area (Å²) in [6.45, 7) is 3.60. The highest BCUT2D eigenvalue weighted by Crippen LogP contribution is 2.24. The van der Waals surface area contributed by atoms with Crippen molar-refractivity contribution in [1.29, 1.82) is 0 Å². The molecule has 0 radical (unpaired) electrons. The van der Waals surface area contributed by atoms with Gasteiger partial charge in [0.25, 0.3) is 0 Å². The van der Waals surface area contributed by atoms with Gasteiger partial charge in [0, 0.05) is 24.0 Å². The molecule has 3 rings (SSSR count). The first-order valence-corrected chi connectivity index (χ1v) is 8.26. The zero-order chi connectivity index (χ0) is 18.5. The van der Waals surface area contributed by atoms with Gasteiger partial charge in [-0.1, -0.05) is 6.07 Å². The number of halogens is 1. The number of hydrogen-bond acceptors (Lipinski definition) is 6. The minimum absolute atomic E-state index is 0.0446. The van der Waals surface area contributed by atoms with Crippen molar-refractivity contribution >= 4 is 17.5 Å². The van der Waals surface area contributed by atoms with Gasteiger partial charge in [0.1, 0.15) is 11.6 Å². The molecular formula is C19H20FN5O. The van der Waals surface area contributed by atoms with E-state index in [0.29, 0.717) is 23.2 Å². The number of aliphatic hydroxyl groups is 1. The molecule has 6 nitrogen and oxygen atoms in total. The second-order valence-corrected chi connectivity index (χ2v) is 5.99. The highest BCUT2D eigenvalue weighted by atomic mass is 19.1. The Morgan fingerprint density at radius 3 is 2.65 bits per heavy atom. The van der Waals surface area contributed by atoms with Crippen molar-refractivity contribution in [2.75, 3.05) is 17.2 Å². The van der Waals surface area contributed by atoms with Crippen molar-refractivity contribution in [1.82, 2.24) is 15.0 Å². The summed E-state index contributed by atoms with van der Waals surface area (Å²) in [7, 11) is 0. The summed E-state index contributed by atoms with van der Waals surface area (Å²) in [4.78, 5) is 13.2. The van der Waals surface area contributed by atoms with E-state index < -0.39 is 0 Å². The van der Waals surface area contributed by atoms with Crippen molar-refractivity contribution in [3.05, 3.63) is 60.0 Å². The zero-order valence-corrected chi connectivity index (χ0v) is 14.6. The Bertz CT molecular complexity index is 888. The molecule has 3 N–H and O–H groups in total. The Hall–Kier alpha value is -3.06. The zero-order valence-electron chi connectivity index (χ0n) is 14.6. The molecule has 0 aliphatic rings. The number of aromatic nitrogens is 3. The van der Waals surface area contributed by atoms with E-state index in [4.69, 9.17) is 0 Å². The Morgan fingerprint density at radius 1 is 1.12 bits per heavy atom. The van der Waals surface area contributed by atoms with E-state index in [1.807, 2.05) is 32.0 Å². The predicted octanol–water partition coefficient (Wildman–Crippen LogP) is 3.52. The van der Waals surface area contributed by atoms with Crippen LogP contribution in [0.5, 0.6) is 0 Å². The van der Waals surface area contributed by atoms with Gasteiger partial charge in [-0.15, -0.1) is 0 Å². The summed E-state index contributed by atoms with van der Waals surface area (Å²) in [6, 6.07) is 11.7. The van der Waals surface area contributed by atoms with Crippen LogP contribution in [-0.4, -0.2) is 32.7 Å². The molecule has 0 amide bonds. The number of rotatable bonds is 6. The SMILES string of the molecule is Cc1cc(F)ccc1Nc1cc(-c2ccccn2)nc(N[C@H](C)CO)n1. The fourth-order valence-electron chi connectivity index (χ4n) is 2.39. The lowest BCUT2D eigenvalue weighted by molar-refractivity contribution is 0.281. The Kier molecular flexibility index (Phi) is 5.38. The van der Waals surface area contributed by atoms with Gasteiger partial charge >= 0.3 is 0 Å². The van der Waals surface area contributed by atoms with E-state index in [9.17, 15) is 9.50 Å². The van der Waals surface area contributed by atoms with Crippen LogP contribution in [0.3, 0.4) is 0 Å². The van der Waals surface area contributed by atoms with Crippen LogP contribution in [0.25, 0.3) is 11.4 Å². The highest BCUT2D eigenvalue weighted by Gasteiger charge is 2.11. The van der Waals surface area contributed by atoms with Crippen LogP contribution in [0.2, 0.25) is 0 Å². The number of aliphatic hydroxyl groups excluding tert-OH is 1. The fourth-order valence-corrected chi connectivity index (χ4v) is 2.39. The summed E-state index contributed by atoms with van der Waals surface area (Å²) in [5, 5.41) is 15.5. The standard InChI is InChI=1S/C19H20FN5O/c1-12-9-14(20)6-7-15(12)23-18-10-17(16-5-3-4-8-21-16)24-19(25-18)22-13(2)11-26/h3-10,13,26H,11H2,1-2H3,(H2,22,23,24,25)/t13-/m1/s1. The molecule has 0 spiro atoms. The summed E-state index contributed by atoms with van der Waals surface area (Å²) in [5.41, 5.74) is 2.85. The van der Waals surface area contributed by atoms with Crippen molar-refractivity contribution in [2.24, 2.45) is 0 Å². The summed E-state index contributed by atoms with van der Waals surface area (Å²) < 4.78 is 13.3. The molecule has 7 heteroatoms. The molecular weight excluding hydrogens is 333 g/mol. The molecule has 26 heavy (non-hydrogen) atoms. The van der Waals surface area contributed by atoms with Crippen molar-refractivity contribution in [3.8, 4) is 11.4 Å². The van der Waals surface area contributed by atoms with E-state index in [1.165, 1.54) is 12.1 Å². The van der Waals surface area contributed by atoms with Crippen molar-refractivity contribution < 1.29 is 9.50 Å². The third-order valence-electron chi connectivity index (χ3n) is 3.75. The quantitative estimate of drug-likeness (QED) is 0.629. The average molecular weight is 353 g/mol. The number of pyridine rings is 1. The molecule has 0 bridgehead atoms. The van der Waals surface area contributed by atoms with Crippen LogP contribution in [0.1, 0.15) is 12.5 Å². The first-order chi connectivity index (χ1) is 12.5. The van der Waals surface area contributed by atoms with E-state index in [0.717, 1.165) is 11.3 Å². The smallest absolute Gasteiger partial charge is 0.225 e. The van der Waals surface area contributed by atoms with E-state index in [-0.39, 0.29) is 18.5 Å². The normalized spacial score (nSPS) is 11.8. The van der Waals surface area contributed by atoms with Crippen LogP contribution in [-0.2, 0) is 0 Å². The van der Waals surface area contributed by atoms with Gasteiger partial charge < -0.3 is 15.7 Å². The first-order valence-electron chi connectivity index (χ1n) is 8.26. The molecule has 1 aromatic carbocycles. The third kappa shape index (κ3) is 4.31. The predicted molar refractivity (Wildman–Crippen MR) is 99.9 cm³/mol. The molecule has 0 aliphatic heterocycles. The molecule has 0 saturated heterocycles. The number of anilines is 3. The Morgan fingerprint density at radius 2 is 1.96 bits per heavy atom. The maximum absolute atomic E-state index is 13.3. The Labute approximate surface area is 151 Å². The highest BCUT2D eigenvalue weighted by molar-refractivity contribution is 5.66. The fraction of sp³-hybridized carbons (Fsp3) is 0.211. The van der Waals surface area contributed by atoms with Crippen LogP contribution >= 0.6 is 0 Å². The molecule has 0 unspecified atom stereocenters. The minimum Gasteiger partial charge on any atom is -0.394 e. The molecule has 0 fully saturated rings. The Balaban J connectivity index is 1.98. The second-order valence-electron chi connectivity index (χ2n) is 5.99. The third-order valence-corrected chi connectivity index (χ3v) is 3.75. The molecule has 134 valence electrons. The molecule has 3 aromatic rings. The number of aryl methyl sites for hydroxylation is 1. The number of nitrogens with one attached hydrogen (secondary N) is 2. The molecule has 0 aliphatic carbocycles. The topological polar surface area (TPSA) is 83.0 Å². The largest absolute Gasteiger partial charge is 0.394 e. The number of benzene rings is 1. The minimum atomic E-state index is -0.288.